The molecule has 0 bridgehead atoms. The molecule has 0 N–H and O–H groups in total. The molecule has 2 aromatic rings. The van der Waals surface area contributed by atoms with Crippen molar-refractivity contribution in [3.8, 4) is 0 Å². The van der Waals surface area contributed by atoms with Gasteiger partial charge in [-0.25, -0.2) is 0 Å². The van der Waals surface area contributed by atoms with Gasteiger partial charge in [0.25, 0.3) is 0 Å². The van der Waals surface area contributed by atoms with Crippen molar-refractivity contribution in [2.24, 2.45) is 0 Å². The Balaban J connectivity index is 2.52. The Bertz CT molecular complexity index is 473. The van der Waals surface area contributed by atoms with E-state index in [4.69, 9.17) is 11.6 Å². The third-order valence-corrected chi connectivity index (χ3v) is 3.02. The Morgan fingerprint density at radius 1 is 1.36 bits per heavy atom. The molecular formula is C11H9BrClN. The zero-order chi connectivity index (χ0) is 9.97. The fourth-order valence-corrected chi connectivity index (χ4v) is 2.07. The van der Waals surface area contributed by atoms with Crippen LogP contribution in [0.4, 0.5) is 0 Å². The van der Waals surface area contributed by atoms with Gasteiger partial charge in [0.2, 0.25) is 0 Å². The average molecular weight is 271 g/mol. The Labute approximate surface area is 96.1 Å². The lowest BCUT2D eigenvalue weighted by Gasteiger charge is -2.00. The summed E-state index contributed by atoms with van der Waals surface area (Å²) in [7, 11) is 0. The molecule has 72 valence electrons. The van der Waals surface area contributed by atoms with Crippen LogP contribution in [-0.2, 0) is 6.54 Å². The predicted molar refractivity (Wildman–Crippen MR) is 64.6 cm³/mol. The van der Waals surface area contributed by atoms with Crippen LogP contribution < -0.4 is 0 Å². The summed E-state index contributed by atoms with van der Waals surface area (Å²) in [5.74, 6) is 0. The van der Waals surface area contributed by atoms with Gasteiger partial charge in [-0.2, -0.15) is 0 Å². The molecule has 0 unspecified atom stereocenters. The van der Waals surface area contributed by atoms with Gasteiger partial charge >= 0.3 is 0 Å². The largest absolute Gasteiger partial charge is 0.344 e. The number of rotatable bonds is 2. The maximum Gasteiger partial charge on any atom is 0.0494 e. The first kappa shape index (κ1) is 9.81. The number of allylic oxidation sites excluding steroid dienone is 1. The summed E-state index contributed by atoms with van der Waals surface area (Å²) < 4.78 is 3.28. The molecule has 0 saturated heterocycles. The van der Waals surface area contributed by atoms with E-state index >= 15 is 0 Å². The van der Waals surface area contributed by atoms with Gasteiger partial charge in [0.15, 0.2) is 0 Å². The molecule has 0 saturated carbocycles. The van der Waals surface area contributed by atoms with E-state index in [1.807, 2.05) is 18.2 Å². The van der Waals surface area contributed by atoms with Crippen molar-refractivity contribution in [1.29, 1.82) is 0 Å². The summed E-state index contributed by atoms with van der Waals surface area (Å²) in [4.78, 5) is 0. The van der Waals surface area contributed by atoms with Crippen LogP contribution in [0.2, 0.25) is 0 Å². The standard InChI is InChI=1S/C11H9BrClN/c12-10-3-1-4-11-9(10)5-8-14(11)7-2-6-13/h1-6,8H,7H2/b6-2+. The molecule has 14 heavy (non-hydrogen) atoms. The summed E-state index contributed by atoms with van der Waals surface area (Å²) in [6, 6.07) is 8.28. The minimum atomic E-state index is 0.809. The summed E-state index contributed by atoms with van der Waals surface area (Å²) in [6.07, 6.45) is 3.98. The Morgan fingerprint density at radius 2 is 2.21 bits per heavy atom. The second-order valence-electron chi connectivity index (χ2n) is 3.00. The van der Waals surface area contributed by atoms with E-state index in [9.17, 15) is 0 Å². The highest BCUT2D eigenvalue weighted by atomic mass is 79.9. The fraction of sp³-hybridized carbons (Fsp3) is 0.0909. The number of benzene rings is 1. The lowest BCUT2D eigenvalue weighted by Crippen LogP contribution is -1.91. The summed E-state index contributed by atoms with van der Waals surface area (Å²) in [5.41, 5.74) is 2.76. The van der Waals surface area contributed by atoms with Gasteiger partial charge < -0.3 is 4.57 Å². The quantitative estimate of drug-likeness (QED) is 0.772. The minimum absolute atomic E-state index is 0.809. The van der Waals surface area contributed by atoms with Crippen molar-refractivity contribution in [1.82, 2.24) is 4.57 Å². The molecule has 1 nitrogen and oxygen atoms in total. The molecule has 0 aliphatic heterocycles. The number of hydrogen-bond donors (Lipinski definition) is 0. The molecule has 2 rings (SSSR count). The van der Waals surface area contributed by atoms with Crippen LogP contribution in [-0.4, -0.2) is 4.57 Å². The summed E-state index contributed by atoms with van der Waals surface area (Å²) in [5, 5.41) is 1.23. The van der Waals surface area contributed by atoms with Crippen LogP contribution in [0.15, 0.2) is 46.5 Å². The van der Waals surface area contributed by atoms with Crippen molar-refractivity contribution in [2.75, 3.05) is 0 Å². The van der Waals surface area contributed by atoms with Crippen molar-refractivity contribution in [3.63, 3.8) is 0 Å². The van der Waals surface area contributed by atoms with Crippen LogP contribution in [0.1, 0.15) is 0 Å². The number of fused-ring (bicyclic) bond motifs is 1. The molecule has 1 aromatic heterocycles. The van der Waals surface area contributed by atoms with Gasteiger partial charge in [0, 0.05) is 33.7 Å². The first-order chi connectivity index (χ1) is 6.83. The van der Waals surface area contributed by atoms with Crippen molar-refractivity contribution >= 4 is 38.4 Å². The lowest BCUT2D eigenvalue weighted by atomic mass is 10.2. The van der Waals surface area contributed by atoms with Crippen LogP contribution in [0.3, 0.4) is 0 Å². The van der Waals surface area contributed by atoms with Crippen LogP contribution >= 0.6 is 27.5 Å². The van der Waals surface area contributed by atoms with Gasteiger partial charge in [-0.15, -0.1) is 0 Å². The lowest BCUT2D eigenvalue weighted by molar-refractivity contribution is 0.865. The van der Waals surface area contributed by atoms with E-state index in [-0.39, 0.29) is 0 Å². The number of hydrogen-bond acceptors (Lipinski definition) is 0. The molecule has 0 fully saturated rings. The van der Waals surface area contributed by atoms with Crippen molar-refractivity contribution in [3.05, 3.63) is 46.5 Å². The van der Waals surface area contributed by atoms with Gasteiger partial charge in [0.05, 0.1) is 0 Å². The van der Waals surface area contributed by atoms with E-state index in [0.717, 1.165) is 11.0 Å². The van der Waals surface area contributed by atoms with Crippen LogP contribution in [0.25, 0.3) is 10.9 Å². The third kappa shape index (κ3) is 1.72. The van der Waals surface area contributed by atoms with E-state index in [1.165, 1.54) is 10.9 Å². The highest BCUT2D eigenvalue weighted by Gasteiger charge is 2.01. The zero-order valence-electron chi connectivity index (χ0n) is 7.45. The Kier molecular flexibility index (Phi) is 2.94. The maximum absolute atomic E-state index is 5.50. The third-order valence-electron chi connectivity index (χ3n) is 2.15. The molecule has 0 amide bonds. The SMILES string of the molecule is Cl/C=C/Cn1ccc2c(Br)cccc21. The monoisotopic (exact) mass is 269 g/mol. The van der Waals surface area contributed by atoms with Gasteiger partial charge in [0.1, 0.15) is 0 Å². The molecule has 0 spiro atoms. The average Bonchev–Trinajstić information content (AvgIpc) is 2.60. The fourth-order valence-electron chi connectivity index (χ4n) is 1.50. The number of halogens is 2. The first-order valence-corrected chi connectivity index (χ1v) is 5.54. The van der Waals surface area contributed by atoms with Crippen molar-refractivity contribution < 1.29 is 0 Å². The smallest absolute Gasteiger partial charge is 0.0494 e. The minimum Gasteiger partial charge on any atom is -0.344 e. The van der Waals surface area contributed by atoms with Gasteiger partial charge in [-0.1, -0.05) is 39.7 Å². The zero-order valence-corrected chi connectivity index (χ0v) is 9.79. The first-order valence-electron chi connectivity index (χ1n) is 4.31. The molecule has 0 aliphatic rings. The summed E-state index contributed by atoms with van der Waals surface area (Å²) >= 11 is 9.02. The Hall–Kier alpha value is -0.730. The van der Waals surface area contributed by atoms with Crippen LogP contribution in [0.5, 0.6) is 0 Å². The second-order valence-corrected chi connectivity index (χ2v) is 4.11. The molecule has 1 aromatic carbocycles. The summed E-state index contributed by atoms with van der Waals surface area (Å²) in [6.45, 7) is 0.809. The molecular weight excluding hydrogens is 261 g/mol. The topological polar surface area (TPSA) is 4.93 Å². The van der Waals surface area contributed by atoms with Gasteiger partial charge in [-0.3, -0.25) is 0 Å². The van der Waals surface area contributed by atoms with E-state index in [2.05, 4.69) is 38.8 Å². The molecule has 0 atom stereocenters. The van der Waals surface area contributed by atoms with E-state index in [1.54, 1.807) is 5.54 Å². The van der Waals surface area contributed by atoms with E-state index < -0.39 is 0 Å². The van der Waals surface area contributed by atoms with E-state index in [0.29, 0.717) is 0 Å². The molecule has 3 heteroatoms. The Morgan fingerprint density at radius 3 is 3.00 bits per heavy atom. The predicted octanol–water partition coefficient (Wildman–Crippen LogP) is 4.16. The normalized spacial score (nSPS) is 11.6. The highest BCUT2D eigenvalue weighted by molar-refractivity contribution is 9.10. The molecule has 1 heterocycles. The number of nitrogens with zero attached hydrogens (tertiary/aromatic N) is 1. The van der Waals surface area contributed by atoms with Crippen molar-refractivity contribution in [2.45, 2.75) is 6.54 Å². The number of aromatic nitrogens is 1. The molecule has 0 aliphatic carbocycles. The molecule has 0 radical (unpaired) electrons. The highest BCUT2D eigenvalue weighted by Crippen LogP contribution is 2.24. The maximum atomic E-state index is 5.50. The van der Waals surface area contributed by atoms with Gasteiger partial charge in [-0.05, 0) is 18.2 Å². The van der Waals surface area contributed by atoms with Crippen LogP contribution in [0, 0.1) is 0 Å². The second kappa shape index (κ2) is 4.20.